The number of rotatable bonds is 4. The van der Waals surface area contributed by atoms with Crippen molar-refractivity contribution in [2.75, 3.05) is 20.7 Å². The Bertz CT molecular complexity index is 706. The Morgan fingerprint density at radius 1 is 1.50 bits per heavy atom. The summed E-state index contributed by atoms with van der Waals surface area (Å²) in [5.41, 5.74) is -0.268. The molecule has 2 rings (SSSR count). The molecule has 2 aromatic heterocycles. The molecule has 0 N–H and O–H groups in total. The number of likely N-dealkylation sites (N-methyl/N-ethyl adjacent to an activating group) is 1. The van der Waals surface area contributed by atoms with Crippen molar-refractivity contribution in [3.63, 3.8) is 0 Å². The van der Waals surface area contributed by atoms with E-state index in [4.69, 9.17) is 0 Å². The molecular formula is C12H13N3O4S. The van der Waals surface area contributed by atoms with Gasteiger partial charge < -0.3 is 9.64 Å². The number of ether oxygens (including phenoxy) is 1. The lowest BCUT2D eigenvalue weighted by molar-refractivity contribution is -0.146. The van der Waals surface area contributed by atoms with Gasteiger partial charge in [-0.25, -0.2) is 4.98 Å². The van der Waals surface area contributed by atoms with Gasteiger partial charge in [-0.05, 0) is 11.4 Å². The Kier molecular flexibility index (Phi) is 4.14. The molecule has 2 aromatic rings. The second-order valence-corrected chi connectivity index (χ2v) is 5.04. The lowest BCUT2D eigenvalue weighted by Crippen LogP contribution is -2.37. The van der Waals surface area contributed by atoms with Gasteiger partial charge >= 0.3 is 5.97 Å². The number of aromatic nitrogens is 2. The Morgan fingerprint density at radius 2 is 2.25 bits per heavy atom. The van der Waals surface area contributed by atoms with Crippen molar-refractivity contribution < 1.29 is 14.3 Å². The molecule has 0 aliphatic heterocycles. The summed E-state index contributed by atoms with van der Waals surface area (Å²) in [6, 6.07) is 1.68. The van der Waals surface area contributed by atoms with Crippen LogP contribution in [0.5, 0.6) is 0 Å². The predicted octanol–water partition coefficient (Wildman–Crippen LogP) is 0.0894. The van der Waals surface area contributed by atoms with Crippen molar-refractivity contribution in [3.8, 4) is 0 Å². The number of carbonyl (C=O) groups excluding carboxylic acids is 2. The van der Waals surface area contributed by atoms with Crippen LogP contribution in [0.3, 0.4) is 0 Å². The third-order valence-corrected chi connectivity index (χ3v) is 3.60. The number of nitrogens with zero attached hydrogens (tertiary/aromatic N) is 3. The molecule has 0 aliphatic carbocycles. The van der Waals surface area contributed by atoms with Gasteiger partial charge in [0.25, 0.3) is 5.56 Å². The summed E-state index contributed by atoms with van der Waals surface area (Å²) in [4.78, 5) is 41.1. The number of carbonyl (C=O) groups is 2. The molecule has 0 radical (unpaired) electrons. The fraction of sp³-hybridized carbons (Fsp3) is 0.333. The summed E-state index contributed by atoms with van der Waals surface area (Å²) in [5.74, 6) is -0.881. The molecule has 106 valence electrons. The Hall–Kier alpha value is -2.22. The van der Waals surface area contributed by atoms with Crippen LogP contribution >= 0.6 is 11.3 Å². The minimum Gasteiger partial charge on any atom is -0.468 e. The molecule has 0 aliphatic rings. The Balaban J connectivity index is 2.15. The fourth-order valence-corrected chi connectivity index (χ4v) is 2.34. The number of hydrogen-bond acceptors (Lipinski definition) is 6. The van der Waals surface area contributed by atoms with Gasteiger partial charge in [0.15, 0.2) is 0 Å². The van der Waals surface area contributed by atoms with E-state index in [1.165, 1.54) is 41.3 Å². The molecular weight excluding hydrogens is 282 g/mol. The number of thiophene rings is 1. The second kappa shape index (κ2) is 5.83. The van der Waals surface area contributed by atoms with Gasteiger partial charge in [-0.1, -0.05) is 0 Å². The zero-order valence-corrected chi connectivity index (χ0v) is 11.8. The summed E-state index contributed by atoms with van der Waals surface area (Å²) < 4.78 is 5.71. The van der Waals surface area contributed by atoms with Gasteiger partial charge in [0.05, 0.1) is 18.8 Å². The van der Waals surface area contributed by atoms with Gasteiger partial charge in [-0.15, -0.1) is 11.3 Å². The highest BCUT2D eigenvalue weighted by molar-refractivity contribution is 7.16. The molecule has 0 aromatic carbocycles. The summed E-state index contributed by atoms with van der Waals surface area (Å²) >= 11 is 1.37. The quantitative estimate of drug-likeness (QED) is 0.747. The van der Waals surface area contributed by atoms with E-state index in [9.17, 15) is 14.4 Å². The van der Waals surface area contributed by atoms with Gasteiger partial charge in [0, 0.05) is 7.05 Å². The van der Waals surface area contributed by atoms with Crippen LogP contribution in [0, 0.1) is 0 Å². The largest absolute Gasteiger partial charge is 0.468 e. The van der Waals surface area contributed by atoms with Crippen LogP contribution in [0.2, 0.25) is 0 Å². The summed E-state index contributed by atoms with van der Waals surface area (Å²) in [5, 5.41) is 2.26. The standard InChI is InChI=1S/C12H13N3O4S/c1-14(6-10(17)19-2)9(16)5-15-7-13-11-8(12(15)18)3-4-20-11/h3-4,7H,5-6H2,1-2H3. The molecule has 0 saturated heterocycles. The maximum Gasteiger partial charge on any atom is 0.325 e. The first-order chi connectivity index (χ1) is 9.52. The first kappa shape index (κ1) is 14.2. The van der Waals surface area contributed by atoms with Crippen LogP contribution in [-0.2, 0) is 20.9 Å². The molecule has 0 bridgehead atoms. The van der Waals surface area contributed by atoms with Crippen molar-refractivity contribution in [3.05, 3.63) is 28.1 Å². The molecule has 0 spiro atoms. The molecule has 0 saturated carbocycles. The van der Waals surface area contributed by atoms with Gasteiger partial charge in [-0.3, -0.25) is 19.0 Å². The lowest BCUT2D eigenvalue weighted by atomic mass is 10.4. The van der Waals surface area contributed by atoms with Crippen molar-refractivity contribution in [1.29, 1.82) is 0 Å². The van der Waals surface area contributed by atoms with E-state index < -0.39 is 5.97 Å². The van der Waals surface area contributed by atoms with Crippen molar-refractivity contribution in [1.82, 2.24) is 14.5 Å². The predicted molar refractivity (Wildman–Crippen MR) is 73.5 cm³/mol. The maximum atomic E-state index is 12.1. The van der Waals surface area contributed by atoms with Gasteiger partial charge in [0.2, 0.25) is 5.91 Å². The van der Waals surface area contributed by atoms with Crippen molar-refractivity contribution in [2.24, 2.45) is 0 Å². The minimum absolute atomic E-state index is 0.155. The van der Waals surface area contributed by atoms with Crippen molar-refractivity contribution in [2.45, 2.75) is 6.54 Å². The number of methoxy groups -OCH3 is 1. The Labute approximate surface area is 118 Å². The van der Waals surface area contributed by atoms with Crippen LogP contribution < -0.4 is 5.56 Å². The van der Waals surface area contributed by atoms with E-state index in [1.807, 2.05) is 0 Å². The highest BCUT2D eigenvalue weighted by atomic mass is 32.1. The number of amides is 1. The second-order valence-electron chi connectivity index (χ2n) is 4.14. The Morgan fingerprint density at radius 3 is 2.95 bits per heavy atom. The topological polar surface area (TPSA) is 81.5 Å². The molecule has 2 heterocycles. The molecule has 0 atom stereocenters. The number of fused-ring (bicyclic) bond motifs is 1. The van der Waals surface area contributed by atoms with Gasteiger partial charge in [0.1, 0.15) is 17.9 Å². The monoisotopic (exact) mass is 295 g/mol. The maximum absolute atomic E-state index is 12.1. The van der Waals surface area contributed by atoms with E-state index in [1.54, 1.807) is 11.4 Å². The van der Waals surface area contributed by atoms with Crippen LogP contribution in [0.15, 0.2) is 22.6 Å². The number of hydrogen-bond donors (Lipinski definition) is 0. The zero-order valence-electron chi connectivity index (χ0n) is 11.0. The van der Waals surface area contributed by atoms with Crippen LogP contribution in [-0.4, -0.2) is 47.0 Å². The molecule has 7 nitrogen and oxygen atoms in total. The highest BCUT2D eigenvalue weighted by Crippen LogP contribution is 2.13. The van der Waals surface area contributed by atoms with E-state index >= 15 is 0 Å². The average molecular weight is 295 g/mol. The number of esters is 1. The van der Waals surface area contributed by atoms with E-state index in [0.29, 0.717) is 10.2 Å². The normalized spacial score (nSPS) is 10.5. The van der Waals surface area contributed by atoms with Crippen LogP contribution in [0.1, 0.15) is 0 Å². The summed E-state index contributed by atoms with van der Waals surface area (Å²) in [6.45, 7) is -0.316. The fourth-order valence-electron chi connectivity index (χ4n) is 1.62. The third kappa shape index (κ3) is 2.85. The highest BCUT2D eigenvalue weighted by Gasteiger charge is 2.15. The van der Waals surface area contributed by atoms with E-state index in [-0.39, 0.29) is 24.6 Å². The first-order valence-electron chi connectivity index (χ1n) is 5.76. The van der Waals surface area contributed by atoms with Gasteiger partial charge in [-0.2, -0.15) is 0 Å². The van der Waals surface area contributed by atoms with Crippen molar-refractivity contribution >= 4 is 33.4 Å². The molecule has 0 unspecified atom stereocenters. The van der Waals surface area contributed by atoms with E-state index in [0.717, 1.165) is 0 Å². The summed E-state index contributed by atoms with van der Waals surface area (Å²) in [6.07, 6.45) is 1.34. The van der Waals surface area contributed by atoms with Crippen LogP contribution in [0.4, 0.5) is 0 Å². The first-order valence-corrected chi connectivity index (χ1v) is 6.64. The zero-order chi connectivity index (χ0) is 14.7. The van der Waals surface area contributed by atoms with Crippen LogP contribution in [0.25, 0.3) is 10.2 Å². The minimum atomic E-state index is -0.514. The SMILES string of the molecule is COC(=O)CN(C)C(=O)Cn1cnc2sccc2c1=O. The smallest absolute Gasteiger partial charge is 0.325 e. The molecule has 20 heavy (non-hydrogen) atoms. The third-order valence-electron chi connectivity index (χ3n) is 2.78. The van der Waals surface area contributed by atoms with E-state index in [2.05, 4.69) is 9.72 Å². The molecule has 0 fully saturated rings. The molecule has 8 heteroatoms. The molecule has 1 amide bonds. The lowest BCUT2D eigenvalue weighted by Gasteiger charge is -2.16. The summed E-state index contributed by atoms with van der Waals surface area (Å²) in [7, 11) is 2.72. The average Bonchev–Trinajstić information content (AvgIpc) is 2.90.